The van der Waals surface area contributed by atoms with Gasteiger partial charge in [0.25, 0.3) is 0 Å². The number of rotatable bonds is 1. The molecule has 4 heteroatoms. The largest absolute Gasteiger partial charge is 0.478 e. The van der Waals surface area contributed by atoms with Gasteiger partial charge in [0, 0.05) is 6.54 Å². The summed E-state index contributed by atoms with van der Waals surface area (Å²) in [7, 11) is 0. The minimum Gasteiger partial charge on any atom is -0.478 e. The van der Waals surface area contributed by atoms with Crippen molar-refractivity contribution in [1.82, 2.24) is 14.8 Å². The van der Waals surface area contributed by atoms with Crippen molar-refractivity contribution in [3.05, 3.63) is 6.33 Å². The second-order valence-corrected chi connectivity index (χ2v) is 1.40. The molecule has 1 heterocycles. The van der Waals surface area contributed by atoms with Crippen molar-refractivity contribution in [2.75, 3.05) is 0 Å². The summed E-state index contributed by atoms with van der Waals surface area (Å²) in [5.74, 6) is 0. The van der Waals surface area contributed by atoms with Gasteiger partial charge < -0.3 is 5.11 Å². The number of hydrogen-bond acceptors (Lipinski definition) is 3. The zero-order chi connectivity index (χ0) is 5.98. The lowest BCUT2D eigenvalue weighted by Crippen LogP contribution is -1.92. The summed E-state index contributed by atoms with van der Waals surface area (Å²) < 4.78 is 1.55. The van der Waals surface area contributed by atoms with Crippen molar-refractivity contribution >= 4 is 0 Å². The molecule has 0 saturated carbocycles. The molecule has 0 fully saturated rings. The van der Waals surface area contributed by atoms with Crippen LogP contribution in [-0.2, 0) is 6.54 Å². The van der Waals surface area contributed by atoms with Gasteiger partial charge in [0.1, 0.15) is 6.33 Å². The summed E-state index contributed by atoms with van der Waals surface area (Å²) in [6, 6.07) is -0.160. The molecule has 0 amide bonds. The molecule has 0 aliphatic carbocycles. The van der Waals surface area contributed by atoms with E-state index in [1.54, 1.807) is 4.68 Å². The fourth-order valence-corrected chi connectivity index (χ4v) is 0.437. The molecule has 0 unspecified atom stereocenters. The van der Waals surface area contributed by atoms with Gasteiger partial charge in [0.05, 0.1) is 0 Å². The average Bonchev–Trinajstić information content (AvgIpc) is 2.14. The molecular weight excluding hydrogens is 106 g/mol. The van der Waals surface area contributed by atoms with Gasteiger partial charge in [-0.2, -0.15) is 4.98 Å². The minimum atomic E-state index is -0.160. The van der Waals surface area contributed by atoms with Gasteiger partial charge in [-0.05, 0) is 6.92 Å². The smallest absolute Gasteiger partial charge is 0.332 e. The number of aryl methyl sites for hydroxylation is 1. The Morgan fingerprint density at radius 1 is 1.88 bits per heavy atom. The number of aromatic hydroxyl groups is 1. The van der Waals surface area contributed by atoms with E-state index in [0.29, 0.717) is 0 Å². The first kappa shape index (κ1) is 5.08. The highest BCUT2D eigenvalue weighted by molar-refractivity contribution is 4.82. The maximum absolute atomic E-state index is 8.54. The maximum atomic E-state index is 8.54. The van der Waals surface area contributed by atoms with Crippen molar-refractivity contribution in [3.8, 4) is 6.01 Å². The third kappa shape index (κ3) is 0.776. The Labute approximate surface area is 46.8 Å². The van der Waals surface area contributed by atoms with E-state index in [4.69, 9.17) is 5.11 Å². The topological polar surface area (TPSA) is 50.9 Å². The predicted octanol–water partition coefficient (Wildman–Crippen LogP) is 0.00360. The Hall–Kier alpha value is -1.06. The van der Waals surface area contributed by atoms with Crippen molar-refractivity contribution in [3.63, 3.8) is 0 Å². The lowest BCUT2D eigenvalue weighted by atomic mass is 10.8. The number of aromatic nitrogens is 3. The predicted molar refractivity (Wildman–Crippen MR) is 27.4 cm³/mol. The molecule has 8 heavy (non-hydrogen) atoms. The molecular formula is C4H7N3O. The monoisotopic (exact) mass is 113 g/mol. The molecule has 0 aliphatic heterocycles. The zero-order valence-corrected chi connectivity index (χ0v) is 4.57. The van der Waals surface area contributed by atoms with Crippen LogP contribution >= 0.6 is 0 Å². The summed E-state index contributed by atoms with van der Waals surface area (Å²) in [6.45, 7) is 2.67. The zero-order valence-electron chi connectivity index (χ0n) is 4.57. The Morgan fingerprint density at radius 3 is 2.88 bits per heavy atom. The molecule has 0 aromatic carbocycles. The third-order valence-corrected chi connectivity index (χ3v) is 0.848. The lowest BCUT2D eigenvalue weighted by molar-refractivity contribution is 0.424. The molecule has 0 saturated heterocycles. The first-order valence-corrected chi connectivity index (χ1v) is 2.41. The van der Waals surface area contributed by atoms with Crippen LogP contribution in [0.4, 0.5) is 0 Å². The van der Waals surface area contributed by atoms with Crippen molar-refractivity contribution in [1.29, 1.82) is 0 Å². The molecule has 1 aromatic rings. The van der Waals surface area contributed by atoms with E-state index >= 15 is 0 Å². The molecule has 1 rings (SSSR count). The SMILES string of the molecule is CCn1cnc(O)n1. The highest BCUT2D eigenvalue weighted by atomic mass is 16.3. The highest BCUT2D eigenvalue weighted by Crippen LogP contribution is 1.93. The number of nitrogens with zero attached hydrogens (tertiary/aromatic N) is 3. The summed E-state index contributed by atoms with van der Waals surface area (Å²) in [5, 5.41) is 12.1. The molecule has 4 nitrogen and oxygen atoms in total. The van der Waals surface area contributed by atoms with E-state index in [-0.39, 0.29) is 6.01 Å². The fraction of sp³-hybridized carbons (Fsp3) is 0.500. The number of hydrogen-bond donors (Lipinski definition) is 1. The molecule has 0 bridgehead atoms. The Bertz CT molecular complexity index is 172. The molecule has 1 aromatic heterocycles. The van der Waals surface area contributed by atoms with E-state index in [9.17, 15) is 0 Å². The molecule has 0 radical (unpaired) electrons. The van der Waals surface area contributed by atoms with Gasteiger partial charge in [0.15, 0.2) is 0 Å². The molecule has 0 atom stereocenters. The van der Waals surface area contributed by atoms with E-state index in [0.717, 1.165) is 6.54 Å². The van der Waals surface area contributed by atoms with Crippen LogP contribution in [0, 0.1) is 0 Å². The second-order valence-electron chi connectivity index (χ2n) is 1.40. The van der Waals surface area contributed by atoms with Crippen LogP contribution in [0.3, 0.4) is 0 Å². The summed E-state index contributed by atoms with van der Waals surface area (Å²) in [6.07, 6.45) is 1.48. The Balaban J connectivity index is 2.84. The van der Waals surface area contributed by atoms with Crippen LogP contribution in [0.1, 0.15) is 6.92 Å². The van der Waals surface area contributed by atoms with Gasteiger partial charge in [-0.1, -0.05) is 0 Å². The van der Waals surface area contributed by atoms with Crippen LogP contribution in [0.2, 0.25) is 0 Å². The fourth-order valence-electron chi connectivity index (χ4n) is 0.437. The summed E-state index contributed by atoms with van der Waals surface area (Å²) in [4.78, 5) is 3.49. The van der Waals surface area contributed by atoms with E-state index in [1.165, 1.54) is 6.33 Å². The van der Waals surface area contributed by atoms with Gasteiger partial charge in [-0.3, -0.25) is 0 Å². The van der Waals surface area contributed by atoms with Crippen molar-refractivity contribution < 1.29 is 5.11 Å². The molecule has 1 N–H and O–H groups in total. The van der Waals surface area contributed by atoms with Gasteiger partial charge in [0.2, 0.25) is 0 Å². The normalized spacial score (nSPS) is 9.62. The third-order valence-electron chi connectivity index (χ3n) is 0.848. The van der Waals surface area contributed by atoms with Gasteiger partial charge in [-0.25, -0.2) is 4.68 Å². The van der Waals surface area contributed by atoms with Crippen molar-refractivity contribution in [2.24, 2.45) is 0 Å². The molecule has 0 spiro atoms. The van der Waals surface area contributed by atoms with E-state index in [2.05, 4.69) is 10.1 Å². The van der Waals surface area contributed by atoms with Crippen LogP contribution in [-0.4, -0.2) is 19.9 Å². The maximum Gasteiger partial charge on any atom is 0.332 e. The second kappa shape index (κ2) is 1.81. The standard InChI is InChI=1S/C4H7N3O/c1-2-7-3-5-4(8)6-7/h3H,2H2,1H3,(H,6,8). The van der Waals surface area contributed by atoms with Crippen LogP contribution in [0.15, 0.2) is 6.33 Å². The van der Waals surface area contributed by atoms with Gasteiger partial charge in [-0.15, -0.1) is 5.10 Å². The van der Waals surface area contributed by atoms with Crippen LogP contribution in [0.25, 0.3) is 0 Å². The molecule has 0 aliphatic rings. The van der Waals surface area contributed by atoms with Crippen LogP contribution < -0.4 is 0 Å². The summed E-state index contributed by atoms with van der Waals surface area (Å²) >= 11 is 0. The van der Waals surface area contributed by atoms with Crippen LogP contribution in [0.5, 0.6) is 6.01 Å². The minimum absolute atomic E-state index is 0.160. The highest BCUT2D eigenvalue weighted by Gasteiger charge is 1.90. The van der Waals surface area contributed by atoms with Crippen molar-refractivity contribution in [2.45, 2.75) is 13.5 Å². The van der Waals surface area contributed by atoms with Gasteiger partial charge >= 0.3 is 6.01 Å². The first-order valence-electron chi connectivity index (χ1n) is 2.41. The first-order chi connectivity index (χ1) is 3.83. The average molecular weight is 113 g/mol. The quantitative estimate of drug-likeness (QED) is 0.557. The Kier molecular flexibility index (Phi) is 1.15. The lowest BCUT2D eigenvalue weighted by Gasteiger charge is -1.85. The van der Waals surface area contributed by atoms with E-state index in [1.807, 2.05) is 6.92 Å². The molecule has 44 valence electrons. The van der Waals surface area contributed by atoms with E-state index < -0.39 is 0 Å². The Morgan fingerprint density at radius 2 is 2.62 bits per heavy atom. The summed E-state index contributed by atoms with van der Waals surface area (Å²) in [5.41, 5.74) is 0.